The van der Waals surface area contributed by atoms with Crippen molar-refractivity contribution in [3.63, 3.8) is 0 Å². The van der Waals surface area contributed by atoms with Crippen LogP contribution in [0.5, 0.6) is 0 Å². The number of ether oxygens (including phenoxy) is 2. The predicted octanol–water partition coefficient (Wildman–Crippen LogP) is 10.8. The number of nitrogens with one attached hydrogen (secondary N) is 2. The van der Waals surface area contributed by atoms with Crippen LogP contribution in [0.2, 0.25) is 0 Å². The summed E-state index contributed by atoms with van der Waals surface area (Å²) in [6.07, 6.45) is 15.6. The average Bonchev–Trinajstić information content (AvgIpc) is 1.87. The molecule has 0 bridgehead atoms. The quantitative estimate of drug-likeness (QED) is 0.0531. The van der Waals surface area contributed by atoms with Crippen LogP contribution in [-0.2, 0) is 9.47 Å². The van der Waals surface area contributed by atoms with Gasteiger partial charge in [-0.2, -0.15) is 0 Å². The summed E-state index contributed by atoms with van der Waals surface area (Å²) in [6, 6.07) is -1.67. The normalized spacial score (nSPS) is 13.0. The average molecular weight is 1260 g/mol. The van der Waals surface area contributed by atoms with Gasteiger partial charge in [0.1, 0.15) is 87.2 Å². The third-order valence-corrected chi connectivity index (χ3v) is 14.0. The van der Waals surface area contributed by atoms with Gasteiger partial charge in [0.05, 0.1) is 20.3 Å². The number of amides is 2. The number of nitrogens with two attached hydrogens (primary N) is 1. The molecule has 0 aliphatic rings. The Balaban J connectivity index is 0.000000188. The van der Waals surface area contributed by atoms with Crippen LogP contribution in [0.15, 0.2) is 128 Å². The Bertz CT molecular complexity index is 4230. The Kier molecular flexibility index (Phi) is 17.7. The van der Waals surface area contributed by atoms with E-state index in [1.165, 1.54) is 76.9 Å². The molecule has 0 spiro atoms. The van der Waals surface area contributed by atoms with Gasteiger partial charge in [0.2, 0.25) is 64.8 Å². The molecule has 0 aliphatic heterocycles. The number of aromatic nitrogens is 12. The number of carbonyl (C=O) groups excluding carboxylic acids is 4. The van der Waals surface area contributed by atoms with Crippen molar-refractivity contribution >= 4 is 23.8 Å². The van der Waals surface area contributed by atoms with Crippen LogP contribution >= 0.6 is 0 Å². The molecule has 12 aromatic heterocycles. The van der Waals surface area contributed by atoms with Crippen molar-refractivity contribution in [3.05, 3.63) is 121 Å². The maximum Gasteiger partial charge on any atom is 0.360 e. The maximum absolute atomic E-state index is 13.2. The van der Waals surface area contributed by atoms with Crippen LogP contribution in [0.25, 0.3) is 92.7 Å². The minimum Gasteiger partial charge on any atom is -0.464 e. The Morgan fingerprint density at radius 3 is 0.913 bits per heavy atom. The van der Waals surface area contributed by atoms with Gasteiger partial charge in [0.25, 0.3) is 11.8 Å². The third kappa shape index (κ3) is 13.2. The fourth-order valence-electron chi connectivity index (χ4n) is 8.35. The lowest BCUT2D eigenvalue weighted by atomic mass is 9.98. The van der Waals surface area contributed by atoms with Gasteiger partial charge in [0.15, 0.2) is 74.2 Å². The summed E-state index contributed by atoms with van der Waals surface area (Å²) in [7, 11) is 2.47. The lowest BCUT2D eigenvalue weighted by molar-refractivity contribution is 0.0585. The van der Waals surface area contributed by atoms with Gasteiger partial charge in [-0.15, -0.1) is 0 Å². The number of hydrogen-bond acceptors (Lipinski definition) is 31. The summed E-state index contributed by atoms with van der Waals surface area (Å²) in [5, 5.41) is 5.74. The molecule has 33 heteroatoms. The van der Waals surface area contributed by atoms with Crippen LogP contribution in [0.4, 0.5) is 0 Å². The molecule has 0 aromatic carbocycles. The van der Waals surface area contributed by atoms with E-state index in [0.717, 1.165) is 12.5 Å². The molecule has 4 N–H and O–H groups in total. The van der Waals surface area contributed by atoms with E-state index in [1.54, 1.807) is 0 Å². The Hall–Kier alpha value is -11.6. The lowest BCUT2D eigenvalue weighted by Crippen LogP contribution is -2.32. The molecule has 4 unspecified atom stereocenters. The predicted molar refractivity (Wildman–Crippen MR) is 308 cm³/mol. The molecule has 0 radical (unpaired) electrons. The zero-order valence-electron chi connectivity index (χ0n) is 50.8. The molecule has 476 valence electrons. The monoisotopic (exact) mass is 1260 g/mol. The molecule has 12 heterocycles. The van der Waals surface area contributed by atoms with Gasteiger partial charge in [-0.1, -0.05) is 62.3 Å². The zero-order chi connectivity index (χ0) is 65.1. The smallest absolute Gasteiger partial charge is 0.360 e. The Morgan fingerprint density at radius 1 is 0.326 bits per heavy atom. The van der Waals surface area contributed by atoms with Gasteiger partial charge < -0.3 is 78.8 Å². The second-order valence-electron chi connectivity index (χ2n) is 21.8. The van der Waals surface area contributed by atoms with Crippen molar-refractivity contribution in [2.45, 2.75) is 86.4 Å². The molecule has 0 saturated carbocycles. The number of hydrogen-bond donors (Lipinski definition) is 3. The molecule has 12 rings (SSSR count). The molecule has 2 amide bonds. The minimum atomic E-state index is -0.653. The molecular formula is C59H57N15O18. The number of oxazole rings is 12. The van der Waals surface area contributed by atoms with Gasteiger partial charge in [0, 0.05) is 5.92 Å². The summed E-state index contributed by atoms with van der Waals surface area (Å²) in [6.45, 7) is 17.7. The summed E-state index contributed by atoms with van der Waals surface area (Å²) >= 11 is 0. The van der Waals surface area contributed by atoms with Crippen LogP contribution < -0.4 is 16.4 Å². The van der Waals surface area contributed by atoms with E-state index in [0.29, 0.717) is 29.1 Å². The summed E-state index contributed by atoms with van der Waals surface area (Å²) < 4.78 is 75.4. The first kappa shape index (κ1) is 62.0. The van der Waals surface area contributed by atoms with Crippen molar-refractivity contribution in [1.29, 1.82) is 0 Å². The number of methoxy groups -OCH3 is 2. The van der Waals surface area contributed by atoms with Crippen molar-refractivity contribution in [1.82, 2.24) is 70.4 Å². The number of nitrogens with zero attached hydrogens (tertiary/aromatic N) is 12. The molecule has 92 heavy (non-hydrogen) atoms. The van der Waals surface area contributed by atoms with Gasteiger partial charge in [-0.05, 0) is 23.7 Å². The molecule has 0 aliphatic carbocycles. The second-order valence-corrected chi connectivity index (χ2v) is 21.8. The molecular weight excluding hydrogens is 1210 g/mol. The van der Waals surface area contributed by atoms with E-state index >= 15 is 0 Å². The van der Waals surface area contributed by atoms with Crippen LogP contribution in [0.1, 0.15) is 152 Å². The zero-order valence-corrected chi connectivity index (χ0v) is 50.8. The van der Waals surface area contributed by atoms with Gasteiger partial charge >= 0.3 is 11.9 Å². The number of esters is 2. The highest BCUT2D eigenvalue weighted by atomic mass is 16.5. The lowest BCUT2D eigenvalue weighted by Gasteiger charge is -2.18. The third-order valence-electron chi connectivity index (χ3n) is 14.0. The highest BCUT2D eigenvalue weighted by molar-refractivity contribution is 5.93. The number of carbonyl (C=O) groups is 4. The van der Waals surface area contributed by atoms with Gasteiger partial charge in [-0.3, -0.25) is 9.59 Å². The van der Waals surface area contributed by atoms with E-state index in [4.69, 9.17) is 58.7 Å². The fourth-order valence-corrected chi connectivity index (χ4v) is 8.35. The highest BCUT2D eigenvalue weighted by Gasteiger charge is 2.31. The van der Waals surface area contributed by atoms with Crippen molar-refractivity contribution in [2.24, 2.45) is 29.4 Å². The largest absolute Gasteiger partial charge is 0.464 e. The van der Waals surface area contributed by atoms with Crippen LogP contribution in [-0.4, -0.2) is 97.8 Å². The van der Waals surface area contributed by atoms with Crippen molar-refractivity contribution < 1.29 is 81.7 Å². The van der Waals surface area contributed by atoms with E-state index < -0.39 is 35.8 Å². The SMILES string of the molecule is COC(=O)c1coc(-c2coc(-c3coc(C(NC(=O)c4coc(-c5coc(-c6coc(C(C)C(C)C)n6)n5)n4)C(C)C)n3)n2)n1.COC(=O)c1coc(-c2coc(-c3coc(C(NC(=O)c4coc(-c5coc(-c6coc(C(N)C(C)C)n6)n5)n4)C(C)C)n3)n2)n1. The van der Waals surface area contributed by atoms with Crippen LogP contribution in [0.3, 0.4) is 0 Å². The molecule has 4 atom stereocenters. The molecule has 12 aromatic rings. The topological polar surface area (TPSA) is 449 Å². The Labute approximate surface area is 518 Å². The minimum absolute atomic E-state index is 0.00164. The van der Waals surface area contributed by atoms with E-state index in [2.05, 4.69) is 93.8 Å². The summed E-state index contributed by atoms with van der Waals surface area (Å²) in [4.78, 5) is 101. The molecule has 0 saturated heterocycles. The summed E-state index contributed by atoms with van der Waals surface area (Å²) in [5.74, 6) is 0.225. The standard InChI is InChI=1S/C30H29N7O9.C29H28N8O9/c1-13(2)15(5)24-32-17(8-41-24)26-33-18(9-43-26)25-31-16(7-42-25)23(38)37-22(14(3)4)29-35-20(11-46-29)27-34-19(10-44-27)28-36-21(12-45-28)30(39)40-6;1-12(2)20(30)27-34-17(9-45-27)24-32-15(7-42-24)23-31-14(6-41-23)22(38)37-21(13(3)4)28-35-18(10-46-28)25-33-16(8-43-25)26-36-19(11-44-26)29(39)40-5/h7-15,22H,1-6H3,(H,37,38);6-13,20-21H,30H2,1-5H3,(H,37,38). The van der Waals surface area contributed by atoms with E-state index in [9.17, 15) is 19.2 Å². The molecule has 0 fully saturated rings. The first-order valence-electron chi connectivity index (χ1n) is 28.2. The maximum atomic E-state index is 13.2. The first-order chi connectivity index (χ1) is 44.2. The number of rotatable bonds is 22. The molecule has 33 nitrogen and oxygen atoms in total. The van der Waals surface area contributed by atoms with E-state index in [-0.39, 0.29) is 146 Å². The van der Waals surface area contributed by atoms with Crippen molar-refractivity contribution in [2.75, 3.05) is 14.2 Å². The first-order valence-corrected chi connectivity index (χ1v) is 28.2. The van der Waals surface area contributed by atoms with E-state index in [1.807, 2.05) is 48.5 Å². The van der Waals surface area contributed by atoms with Crippen molar-refractivity contribution in [3.8, 4) is 92.7 Å². The van der Waals surface area contributed by atoms with Crippen LogP contribution in [0, 0.1) is 23.7 Å². The fraction of sp³-hybridized carbons (Fsp3) is 0.322. The second kappa shape index (κ2) is 26.2. The summed E-state index contributed by atoms with van der Waals surface area (Å²) in [5.41, 5.74) is 8.41. The van der Waals surface area contributed by atoms with Gasteiger partial charge in [-0.25, -0.2) is 69.4 Å². The highest BCUT2D eigenvalue weighted by Crippen LogP contribution is 2.33. The Morgan fingerprint density at radius 2 is 0.587 bits per heavy atom.